The van der Waals surface area contributed by atoms with Crippen LogP contribution in [0.2, 0.25) is 0 Å². The number of ketones is 1. The smallest absolute Gasteiger partial charge is 0.295 e. The summed E-state index contributed by atoms with van der Waals surface area (Å²) >= 11 is 0. The number of carbonyl (C=O) groups excluding carboxylic acids is 2. The molecule has 188 valence electrons. The zero-order valence-electron chi connectivity index (χ0n) is 20.5. The predicted octanol–water partition coefficient (Wildman–Crippen LogP) is 2.80. The van der Waals surface area contributed by atoms with Crippen LogP contribution < -0.4 is 4.74 Å². The van der Waals surface area contributed by atoms with E-state index in [-0.39, 0.29) is 11.3 Å². The second-order valence-electron chi connectivity index (χ2n) is 8.92. The van der Waals surface area contributed by atoms with Crippen molar-refractivity contribution in [3.05, 3.63) is 71.2 Å². The van der Waals surface area contributed by atoms with Crippen LogP contribution in [0.4, 0.5) is 0 Å². The summed E-state index contributed by atoms with van der Waals surface area (Å²) in [5.41, 5.74) is 2.43. The third-order valence-corrected chi connectivity index (χ3v) is 6.74. The van der Waals surface area contributed by atoms with E-state index in [1.54, 1.807) is 22.4 Å². The first-order valence-electron chi connectivity index (χ1n) is 12.2. The van der Waals surface area contributed by atoms with Crippen LogP contribution in [-0.4, -0.2) is 82.0 Å². The minimum Gasteiger partial charge on any atom is -0.505 e. The monoisotopic (exact) mass is 490 g/mol. The van der Waals surface area contributed by atoms with Crippen molar-refractivity contribution in [2.75, 3.05) is 46.0 Å². The Hall–Kier alpha value is -3.69. The standard InChI is InChI=1S/C27H30N4O5/c1-3-36-20-9-7-19(8-10-20)24-22(25(32)23-18(2)28-21-6-4-5-11-30(21)23)26(33)27(34)31(24)13-12-29-14-16-35-17-15-29/h4-11,24,32H,3,12-17H2,1-2H3/b25-22+. The number of carbonyl (C=O) groups is 2. The van der Waals surface area contributed by atoms with Gasteiger partial charge in [-0.2, -0.15) is 0 Å². The Kier molecular flexibility index (Phi) is 6.75. The van der Waals surface area contributed by atoms with Gasteiger partial charge in [0.1, 0.15) is 17.1 Å². The predicted molar refractivity (Wildman–Crippen MR) is 134 cm³/mol. The molecule has 4 heterocycles. The third-order valence-electron chi connectivity index (χ3n) is 6.74. The molecule has 2 aromatic heterocycles. The minimum atomic E-state index is -0.727. The summed E-state index contributed by atoms with van der Waals surface area (Å²) in [4.78, 5) is 35.0. The number of pyridine rings is 1. The number of rotatable bonds is 7. The van der Waals surface area contributed by atoms with Crippen LogP contribution in [0.5, 0.6) is 5.75 Å². The van der Waals surface area contributed by atoms with Crippen molar-refractivity contribution in [2.24, 2.45) is 0 Å². The number of hydrogen-bond acceptors (Lipinski definition) is 7. The molecule has 0 saturated carbocycles. The maximum atomic E-state index is 13.4. The first-order valence-corrected chi connectivity index (χ1v) is 12.2. The van der Waals surface area contributed by atoms with Gasteiger partial charge in [0.15, 0.2) is 5.76 Å². The van der Waals surface area contributed by atoms with Crippen molar-refractivity contribution in [3.63, 3.8) is 0 Å². The van der Waals surface area contributed by atoms with E-state index in [4.69, 9.17) is 9.47 Å². The fourth-order valence-electron chi connectivity index (χ4n) is 4.97. The zero-order chi connectivity index (χ0) is 25.2. The molecule has 0 bridgehead atoms. The number of Topliss-reactive ketones (excluding diaryl/α,β-unsaturated/α-hetero) is 1. The van der Waals surface area contributed by atoms with Gasteiger partial charge in [0.2, 0.25) is 0 Å². The normalized spacial score (nSPS) is 20.4. The Labute approximate surface area is 209 Å². The molecule has 1 aromatic carbocycles. The average Bonchev–Trinajstić information content (AvgIpc) is 3.36. The first-order chi connectivity index (χ1) is 17.5. The second kappa shape index (κ2) is 10.1. The fraction of sp³-hybridized carbons (Fsp3) is 0.370. The maximum Gasteiger partial charge on any atom is 0.295 e. The molecule has 1 atom stereocenters. The van der Waals surface area contributed by atoms with Crippen molar-refractivity contribution < 1.29 is 24.2 Å². The molecule has 0 aliphatic carbocycles. The van der Waals surface area contributed by atoms with Crippen LogP contribution in [0.15, 0.2) is 54.2 Å². The van der Waals surface area contributed by atoms with Gasteiger partial charge in [0, 0.05) is 32.4 Å². The van der Waals surface area contributed by atoms with Gasteiger partial charge in [-0.25, -0.2) is 4.98 Å². The maximum absolute atomic E-state index is 13.4. The third kappa shape index (κ3) is 4.36. The van der Waals surface area contributed by atoms with Crippen LogP contribution in [0.3, 0.4) is 0 Å². The number of aromatic nitrogens is 2. The average molecular weight is 491 g/mol. The SMILES string of the molecule is CCOc1ccc(C2/C(=C(\O)c3c(C)nc4ccccn34)C(=O)C(=O)N2CCN2CCOCC2)cc1. The van der Waals surface area contributed by atoms with Gasteiger partial charge in [-0.3, -0.25) is 18.9 Å². The molecule has 1 unspecified atom stereocenters. The van der Waals surface area contributed by atoms with E-state index in [1.165, 1.54) is 0 Å². The largest absolute Gasteiger partial charge is 0.505 e. The number of hydrogen-bond donors (Lipinski definition) is 1. The van der Waals surface area contributed by atoms with Gasteiger partial charge in [-0.05, 0) is 43.7 Å². The molecule has 2 fully saturated rings. The minimum absolute atomic E-state index is 0.0693. The number of ether oxygens (including phenoxy) is 2. The van der Waals surface area contributed by atoms with Crippen molar-refractivity contribution in [1.29, 1.82) is 0 Å². The number of likely N-dealkylation sites (tertiary alicyclic amines) is 1. The van der Waals surface area contributed by atoms with Gasteiger partial charge < -0.3 is 19.5 Å². The Balaban J connectivity index is 1.59. The van der Waals surface area contributed by atoms with Crippen LogP contribution in [-0.2, 0) is 14.3 Å². The van der Waals surface area contributed by atoms with E-state index in [9.17, 15) is 14.7 Å². The molecular weight excluding hydrogens is 460 g/mol. The quantitative estimate of drug-likeness (QED) is 0.309. The molecule has 0 spiro atoms. The van der Waals surface area contributed by atoms with Crippen LogP contribution in [0, 0.1) is 6.92 Å². The number of aryl methyl sites for hydroxylation is 1. The highest BCUT2D eigenvalue weighted by Crippen LogP contribution is 2.40. The molecule has 9 heteroatoms. The van der Waals surface area contributed by atoms with E-state index >= 15 is 0 Å². The lowest BCUT2D eigenvalue weighted by molar-refractivity contribution is -0.140. The number of benzene rings is 1. The molecule has 5 rings (SSSR count). The first kappa shape index (κ1) is 24.0. The van der Waals surface area contributed by atoms with Crippen molar-refractivity contribution in [1.82, 2.24) is 19.2 Å². The van der Waals surface area contributed by atoms with Crippen LogP contribution in [0.25, 0.3) is 11.4 Å². The lowest BCUT2D eigenvalue weighted by atomic mass is 9.96. The number of aliphatic hydroxyl groups is 1. The van der Waals surface area contributed by atoms with Gasteiger partial charge in [-0.1, -0.05) is 18.2 Å². The van der Waals surface area contributed by atoms with E-state index < -0.39 is 17.7 Å². The molecular formula is C27H30N4O5. The van der Waals surface area contributed by atoms with Crippen molar-refractivity contribution in [2.45, 2.75) is 19.9 Å². The topological polar surface area (TPSA) is 96.6 Å². The molecule has 2 saturated heterocycles. The summed E-state index contributed by atoms with van der Waals surface area (Å²) in [6, 6.07) is 12.1. The highest BCUT2D eigenvalue weighted by atomic mass is 16.5. The highest BCUT2D eigenvalue weighted by Gasteiger charge is 2.46. The van der Waals surface area contributed by atoms with Gasteiger partial charge >= 0.3 is 0 Å². The van der Waals surface area contributed by atoms with Crippen molar-refractivity contribution >= 4 is 23.1 Å². The fourth-order valence-corrected chi connectivity index (χ4v) is 4.97. The summed E-state index contributed by atoms with van der Waals surface area (Å²) in [5.74, 6) is -0.838. The number of aliphatic hydroxyl groups excluding tert-OH is 1. The molecule has 2 aliphatic rings. The highest BCUT2D eigenvalue weighted by molar-refractivity contribution is 6.46. The summed E-state index contributed by atoms with van der Waals surface area (Å²) in [7, 11) is 0. The molecule has 2 aliphatic heterocycles. The van der Waals surface area contributed by atoms with E-state index in [0.717, 1.165) is 18.7 Å². The Morgan fingerprint density at radius 1 is 1.11 bits per heavy atom. The van der Waals surface area contributed by atoms with Crippen molar-refractivity contribution in [3.8, 4) is 5.75 Å². The number of fused-ring (bicyclic) bond motifs is 1. The van der Waals surface area contributed by atoms with Gasteiger partial charge in [0.05, 0.1) is 37.1 Å². The van der Waals surface area contributed by atoms with E-state index in [2.05, 4.69) is 9.88 Å². The van der Waals surface area contributed by atoms with Crippen LogP contribution >= 0.6 is 0 Å². The summed E-state index contributed by atoms with van der Waals surface area (Å²) in [6.45, 7) is 8.03. The number of nitrogens with zero attached hydrogens (tertiary/aromatic N) is 4. The molecule has 1 amide bonds. The molecule has 0 radical (unpaired) electrons. The summed E-state index contributed by atoms with van der Waals surface area (Å²) < 4.78 is 12.7. The Morgan fingerprint density at radius 2 is 1.86 bits per heavy atom. The van der Waals surface area contributed by atoms with Gasteiger partial charge in [0.25, 0.3) is 11.7 Å². The van der Waals surface area contributed by atoms with E-state index in [1.807, 2.05) is 49.4 Å². The lowest BCUT2D eigenvalue weighted by Gasteiger charge is -2.31. The second-order valence-corrected chi connectivity index (χ2v) is 8.92. The Bertz CT molecular complexity index is 1310. The van der Waals surface area contributed by atoms with Crippen LogP contribution in [0.1, 0.15) is 29.9 Å². The summed E-state index contributed by atoms with van der Waals surface area (Å²) in [5, 5.41) is 11.5. The van der Waals surface area contributed by atoms with E-state index in [0.29, 0.717) is 55.7 Å². The summed E-state index contributed by atoms with van der Waals surface area (Å²) in [6.07, 6.45) is 1.78. The molecule has 36 heavy (non-hydrogen) atoms. The zero-order valence-corrected chi connectivity index (χ0v) is 20.5. The lowest BCUT2D eigenvalue weighted by Crippen LogP contribution is -2.42. The molecule has 9 nitrogen and oxygen atoms in total. The molecule has 3 aromatic rings. The number of imidazole rings is 1. The number of amides is 1. The number of morpholine rings is 1. The van der Waals surface area contributed by atoms with Gasteiger partial charge in [-0.15, -0.1) is 0 Å². The molecule has 1 N–H and O–H groups in total. The Morgan fingerprint density at radius 3 is 2.58 bits per heavy atom.